The van der Waals surface area contributed by atoms with Crippen molar-refractivity contribution >= 4 is 21.8 Å². The molecule has 0 bridgehead atoms. The molecule has 4 nitrogen and oxygen atoms in total. The van der Waals surface area contributed by atoms with Crippen LogP contribution >= 0.6 is 15.9 Å². The first-order chi connectivity index (χ1) is 7.63. The molecule has 2 N–H and O–H groups in total. The van der Waals surface area contributed by atoms with E-state index in [-0.39, 0.29) is 18.0 Å². The monoisotopic (exact) mass is 283 g/mol. The molecule has 1 aliphatic heterocycles. The van der Waals surface area contributed by atoms with Gasteiger partial charge in [0, 0.05) is 35.9 Å². The van der Waals surface area contributed by atoms with Crippen molar-refractivity contribution < 1.29 is 4.79 Å². The van der Waals surface area contributed by atoms with E-state index in [1.807, 2.05) is 17.9 Å². The van der Waals surface area contributed by atoms with Gasteiger partial charge in [-0.05, 0) is 34.5 Å². The molecular formula is C11H14BrN3O. The molecule has 16 heavy (non-hydrogen) atoms. The summed E-state index contributed by atoms with van der Waals surface area (Å²) in [7, 11) is 0. The van der Waals surface area contributed by atoms with Crippen molar-refractivity contribution in [1.29, 1.82) is 0 Å². The lowest BCUT2D eigenvalue weighted by Crippen LogP contribution is -2.32. The standard InChI is InChI=1S/C11H14BrN3O/c1-2-15-10(16)4-9(13)11(15)7-3-8(12)6-14-5-7/h3,5-6,9,11H,2,4,13H2,1H3. The van der Waals surface area contributed by atoms with Gasteiger partial charge in [0.25, 0.3) is 0 Å². The second-order valence-corrected chi connectivity index (χ2v) is 4.84. The van der Waals surface area contributed by atoms with Crippen LogP contribution in [0.2, 0.25) is 0 Å². The van der Waals surface area contributed by atoms with E-state index in [0.717, 1.165) is 10.0 Å². The number of amides is 1. The molecule has 0 aromatic carbocycles. The third-order valence-electron chi connectivity index (χ3n) is 2.88. The van der Waals surface area contributed by atoms with Crippen molar-refractivity contribution in [1.82, 2.24) is 9.88 Å². The molecule has 0 aliphatic carbocycles. The summed E-state index contributed by atoms with van der Waals surface area (Å²) in [6.45, 7) is 2.65. The summed E-state index contributed by atoms with van der Waals surface area (Å²) < 4.78 is 0.910. The number of carbonyl (C=O) groups excluding carboxylic acids is 1. The zero-order valence-corrected chi connectivity index (χ0v) is 10.6. The van der Waals surface area contributed by atoms with E-state index in [9.17, 15) is 4.79 Å². The van der Waals surface area contributed by atoms with Crippen molar-refractivity contribution in [2.75, 3.05) is 6.54 Å². The van der Waals surface area contributed by atoms with Crippen LogP contribution in [0.5, 0.6) is 0 Å². The largest absolute Gasteiger partial charge is 0.334 e. The quantitative estimate of drug-likeness (QED) is 0.894. The molecule has 2 heterocycles. The highest BCUT2D eigenvalue weighted by Gasteiger charge is 2.37. The van der Waals surface area contributed by atoms with Crippen LogP contribution in [0, 0.1) is 0 Å². The molecule has 0 saturated carbocycles. The number of nitrogens with zero attached hydrogens (tertiary/aromatic N) is 2. The van der Waals surface area contributed by atoms with Gasteiger partial charge >= 0.3 is 0 Å². The number of nitrogens with two attached hydrogens (primary N) is 1. The lowest BCUT2D eigenvalue weighted by molar-refractivity contribution is -0.128. The third kappa shape index (κ3) is 1.97. The Bertz CT molecular complexity index is 410. The second-order valence-electron chi connectivity index (χ2n) is 3.93. The summed E-state index contributed by atoms with van der Waals surface area (Å²) in [6, 6.07) is 1.80. The fraction of sp³-hybridized carbons (Fsp3) is 0.455. The summed E-state index contributed by atoms with van der Waals surface area (Å²) in [4.78, 5) is 17.6. The Morgan fingerprint density at radius 1 is 1.62 bits per heavy atom. The predicted molar refractivity (Wildman–Crippen MR) is 64.7 cm³/mol. The number of carbonyl (C=O) groups is 1. The van der Waals surface area contributed by atoms with Gasteiger partial charge in [0.1, 0.15) is 0 Å². The molecular weight excluding hydrogens is 270 g/mol. The van der Waals surface area contributed by atoms with Crippen LogP contribution in [-0.2, 0) is 4.79 Å². The van der Waals surface area contributed by atoms with Crippen LogP contribution in [0.3, 0.4) is 0 Å². The molecule has 0 radical (unpaired) electrons. The fourth-order valence-electron chi connectivity index (χ4n) is 2.21. The topological polar surface area (TPSA) is 59.2 Å². The zero-order chi connectivity index (χ0) is 11.7. The Morgan fingerprint density at radius 3 is 3.00 bits per heavy atom. The summed E-state index contributed by atoms with van der Waals surface area (Å²) in [5.41, 5.74) is 7.01. The normalized spacial score (nSPS) is 25.2. The summed E-state index contributed by atoms with van der Waals surface area (Å²) in [6.07, 6.45) is 3.92. The molecule has 1 aliphatic rings. The Balaban J connectivity index is 2.35. The summed E-state index contributed by atoms with van der Waals surface area (Å²) >= 11 is 3.38. The first kappa shape index (κ1) is 11.5. The number of halogens is 1. The number of rotatable bonds is 2. The van der Waals surface area contributed by atoms with Gasteiger partial charge < -0.3 is 10.6 Å². The van der Waals surface area contributed by atoms with Crippen molar-refractivity contribution in [2.24, 2.45) is 5.73 Å². The minimum atomic E-state index is -0.136. The lowest BCUT2D eigenvalue weighted by Gasteiger charge is -2.25. The molecule has 1 fully saturated rings. The average Bonchev–Trinajstić information content (AvgIpc) is 2.52. The Hall–Kier alpha value is -0.940. The smallest absolute Gasteiger partial charge is 0.224 e. The van der Waals surface area contributed by atoms with Crippen LogP contribution < -0.4 is 5.73 Å². The van der Waals surface area contributed by atoms with E-state index in [1.165, 1.54) is 0 Å². The highest BCUT2D eigenvalue weighted by Crippen LogP contribution is 2.32. The summed E-state index contributed by atoms with van der Waals surface area (Å²) in [5.74, 6) is 0.125. The van der Waals surface area contributed by atoms with Crippen LogP contribution in [0.1, 0.15) is 24.9 Å². The number of aromatic nitrogens is 1. The van der Waals surface area contributed by atoms with Gasteiger partial charge in [0.2, 0.25) is 5.91 Å². The molecule has 2 atom stereocenters. The van der Waals surface area contributed by atoms with Crippen molar-refractivity contribution in [3.8, 4) is 0 Å². The third-order valence-corrected chi connectivity index (χ3v) is 3.31. The van der Waals surface area contributed by atoms with Crippen LogP contribution in [-0.4, -0.2) is 28.4 Å². The van der Waals surface area contributed by atoms with E-state index in [4.69, 9.17) is 5.73 Å². The molecule has 1 aromatic heterocycles. The molecule has 1 saturated heterocycles. The first-order valence-corrected chi connectivity index (χ1v) is 6.08. The van der Waals surface area contributed by atoms with E-state index >= 15 is 0 Å². The van der Waals surface area contributed by atoms with Crippen molar-refractivity contribution in [2.45, 2.75) is 25.4 Å². The SMILES string of the molecule is CCN1C(=O)CC(N)C1c1cncc(Br)c1. The number of likely N-dealkylation sites (tertiary alicyclic amines) is 1. The first-order valence-electron chi connectivity index (χ1n) is 5.29. The highest BCUT2D eigenvalue weighted by molar-refractivity contribution is 9.10. The minimum Gasteiger partial charge on any atom is -0.334 e. The minimum absolute atomic E-state index is 0.0394. The number of pyridine rings is 1. The van der Waals surface area contributed by atoms with Gasteiger partial charge in [0.15, 0.2) is 0 Å². The molecule has 86 valence electrons. The molecule has 5 heteroatoms. The van der Waals surface area contributed by atoms with Crippen molar-refractivity contribution in [3.63, 3.8) is 0 Å². The van der Waals surface area contributed by atoms with Crippen molar-refractivity contribution in [3.05, 3.63) is 28.5 Å². The maximum absolute atomic E-state index is 11.7. The lowest BCUT2D eigenvalue weighted by atomic mass is 10.0. The van der Waals surface area contributed by atoms with Gasteiger partial charge in [-0.15, -0.1) is 0 Å². The maximum atomic E-state index is 11.7. The molecule has 1 aromatic rings. The Morgan fingerprint density at radius 2 is 2.38 bits per heavy atom. The average molecular weight is 284 g/mol. The Kier molecular flexibility index (Phi) is 3.25. The predicted octanol–water partition coefficient (Wildman–Crippen LogP) is 1.46. The highest BCUT2D eigenvalue weighted by atomic mass is 79.9. The van der Waals surface area contributed by atoms with Crippen LogP contribution in [0.4, 0.5) is 0 Å². The van der Waals surface area contributed by atoms with E-state index < -0.39 is 0 Å². The van der Waals surface area contributed by atoms with Gasteiger partial charge in [-0.3, -0.25) is 9.78 Å². The second kappa shape index (κ2) is 4.51. The van der Waals surface area contributed by atoms with E-state index in [2.05, 4.69) is 20.9 Å². The zero-order valence-electron chi connectivity index (χ0n) is 9.06. The fourth-order valence-corrected chi connectivity index (χ4v) is 2.59. The Labute approximate surface area is 103 Å². The van der Waals surface area contributed by atoms with Gasteiger partial charge in [-0.2, -0.15) is 0 Å². The van der Waals surface area contributed by atoms with Gasteiger partial charge in [-0.1, -0.05) is 0 Å². The van der Waals surface area contributed by atoms with Crippen LogP contribution in [0.25, 0.3) is 0 Å². The summed E-state index contributed by atoms with van der Waals surface area (Å²) in [5, 5.41) is 0. The molecule has 1 amide bonds. The van der Waals surface area contributed by atoms with E-state index in [1.54, 1.807) is 12.4 Å². The van der Waals surface area contributed by atoms with Gasteiger partial charge in [-0.25, -0.2) is 0 Å². The van der Waals surface area contributed by atoms with E-state index in [0.29, 0.717) is 13.0 Å². The molecule has 2 rings (SSSR count). The molecule has 0 spiro atoms. The number of hydrogen-bond donors (Lipinski definition) is 1. The van der Waals surface area contributed by atoms with Gasteiger partial charge in [0.05, 0.1) is 6.04 Å². The molecule has 2 unspecified atom stereocenters. The number of likely N-dealkylation sites (N-methyl/N-ethyl adjacent to an activating group) is 1. The number of hydrogen-bond acceptors (Lipinski definition) is 3. The maximum Gasteiger partial charge on any atom is 0.224 e. The van der Waals surface area contributed by atoms with Crippen LogP contribution in [0.15, 0.2) is 22.9 Å².